The number of hydrogen-bond donors (Lipinski definition) is 1. The molecule has 3 rings (SSSR count). The topological polar surface area (TPSA) is 88.5 Å². The second-order valence-electron chi connectivity index (χ2n) is 6.67. The molecular formula is C19H21N3O4S2. The number of sulfonamides is 1. The van der Waals surface area contributed by atoms with Gasteiger partial charge in [-0.3, -0.25) is 13.9 Å². The molecular weight excluding hydrogens is 398 g/mol. The lowest BCUT2D eigenvalue weighted by atomic mass is 10.2. The van der Waals surface area contributed by atoms with Crippen molar-refractivity contribution in [3.05, 3.63) is 57.7 Å². The predicted molar refractivity (Wildman–Crippen MR) is 114 cm³/mol. The summed E-state index contributed by atoms with van der Waals surface area (Å²) >= 11 is 1.09. The number of carbonyl (C=O) groups is 1. The van der Waals surface area contributed by atoms with E-state index in [1.165, 1.54) is 11.5 Å². The maximum Gasteiger partial charge on any atom is 0.307 e. The number of aromatic nitrogens is 1. The molecule has 0 aliphatic carbocycles. The van der Waals surface area contributed by atoms with Crippen LogP contribution >= 0.6 is 11.3 Å². The van der Waals surface area contributed by atoms with Gasteiger partial charge in [0.1, 0.15) is 6.04 Å². The van der Waals surface area contributed by atoms with E-state index >= 15 is 0 Å². The molecule has 7 nitrogen and oxygen atoms in total. The molecule has 2 aromatic carbocycles. The fourth-order valence-corrected chi connectivity index (χ4v) is 5.12. The molecule has 0 saturated heterocycles. The second kappa shape index (κ2) is 7.40. The largest absolute Gasteiger partial charge is 0.324 e. The maximum atomic E-state index is 12.8. The van der Waals surface area contributed by atoms with Crippen molar-refractivity contribution in [1.82, 2.24) is 4.57 Å². The van der Waals surface area contributed by atoms with Crippen molar-refractivity contribution < 1.29 is 13.2 Å². The van der Waals surface area contributed by atoms with Crippen LogP contribution in [0, 0.1) is 6.92 Å². The number of amides is 1. The summed E-state index contributed by atoms with van der Waals surface area (Å²) in [6.07, 6.45) is 1.08. The minimum Gasteiger partial charge on any atom is -0.324 e. The maximum absolute atomic E-state index is 12.8. The standard InChI is InChI=1S/C19H21N3O4S2/c1-12-6-5-7-15(10-12)22(28(4,25)26)13(2)18(23)20-14-8-9-16-17(11-14)27-19(24)21(16)3/h5-11,13H,1-4H3,(H,20,23). The van der Waals surface area contributed by atoms with Gasteiger partial charge in [0.2, 0.25) is 15.9 Å². The fourth-order valence-electron chi connectivity index (χ4n) is 3.03. The number of hydrogen-bond acceptors (Lipinski definition) is 5. The molecule has 0 bridgehead atoms. The predicted octanol–water partition coefficient (Wildman–Crippen LogP) is 2.70. The van der Waals surface area contributed by atoms with Crippen LogP contribution in [0.3, 0.4) is 0 Å². The lowest BCUT2D eigenvalue weighted by Crippen LogP contribution is -2.45. The molecule has 0 aliphatic rings. The number of nitrogens with one attached hydrogen (secondary N) is 1. The zero-order chi connectivity index (χ0) is 20.6. The van der Waals surface area contributed by atoms with Crippen molar-refractivity contribution in [2.45, 2.75) is 19.9 Å². The smallest absolute Gasteiger partial charge is 0.307 e. The number of anilines is 2. The Bertz CT molecular complexity index is 1210. The number of nitrogens with zero attached hydrogens (tertiary/aromatic N) is 2. The number of carbonyl (C=O) groups excluding carboxylic acids is 1. The number of fused-ring (bicyclic) bond motifs is 1. The highest BCUT2D eigenvalue weighted by Gasteiger charge is 2.29. The summed E-state index contributed by atoms with van der Waals surface area (Å²) in [6, 6.07) is 11.2. The van der Waals surface area contributed by atoms with E-state index in [9.17, 15) is 18.0 Å². The van der Waals surface area contributed by atoms with Crippen molar-refractivity contribution in [3.63, 3.8) is 0 Å². The highest BCUT2D eigenvalue weighted by molar-refractivity contribution is 7.92. The molecule has 1 atom stereocenters. The third-order valence-electron chi connectivity index (χ3n) is 4.40. The molecule has 1 aromatic heterocycles. The molecule has 28 heavy (non-hydrogen) atoms. The number of thiazole rings is 1. The van der Waals surface area contributed by atoms with Crippen LogP contribution in [-0.2, 0) is 21.9 Å². The minimum atomic E-state index is -3.68. The first kappa shape index (κ1) is 20.1. The molecule has 0 saturated carbocycles. The Labute approximate surface area is 167 Å². The van der Waals surface area contributed by atoms with Crippen LogP contribution < -0.4 is 14.5 Å². The zero-order valence-electron chi connectivity index (χ0n) is 16.0. The van der Waals surface area contributed by atoms with Crippen molar-refractivity contribution in [2.75, 3.05) is 15.9 Å². The van der Waals surface area contributed by atoms with Gasteiger partial charge in [-0.15, -0.1) is 0 Å². The van der Waals surface area contributed by atoms with Crippen LogP contribution in [0.1, 0.15) is 12.5 Å². The van der Waals surface area contributed by atoms with Crippen LogP contribution in [0.4, 0.5) is 11.4 Å². The van der Waals surface area contributed by atoms with E-state index in [2.05, 4.69) is 5.32 Å². The zero-order valence-corrected chi connectivity index (χ0v) is 17.6. The normalized spacial score (nSPS) is 12.7. The van der Waals surface area contributed by atoms with Crippen molar-refractivity contribution >= 4 is 48.9 Å². The van der Waals surface area contributed by atoms with Crippen LogP contribution in [0.15, 0.2) is 47.3 Å². The van der Waals surface area contributed by atoms with Crippen molar-refractivity contribution in [1.29, 1.82) is 0 Å². The average molecular weight is 420 g/mol. The molecule has 0 spiro atoms. The van der Waals surface area contributed by atoms with E-state index in [1.807, 2.05) is 13.0 Å². The Morgan fingerprint density at radius 3 is 2.57 bits per heavy atom. The van der Waals surface area contributed by atoms with Gasteiger partial charge in [-0.2, -0.15) is 0 Å². The van der Waals surface area contributed by atoms with Gasteiger partial charge in [-0.1, -0.05) is 23.5 Å². The SMILES string of the molecule is Cc1cccc(N(C(C)C(=O)Nc2ccc3c(c2)sc(=O)n3C)S(C)(=O)=O)c1. The van der Waals surface area contributed by atoms with E-state index < -0.39 is 22.0 Å². The Morgan fingerprint density at radius 1 is 1.21 bits per heavy atom. The summed E-state index contributed by atoms with van der Waals surface area (Å²) in [5, 5.41) is 2.75. The number of rotatable bonds is 5. The van der Waals surface area contributed by atoms with Gasteiger partial charge < -0.3 is 9.88 Å². The van der Waals surface area contributed by atoms with Gasteiger partial charge in [0, 0.05) is 12.7 Å². The Kier molecular flexibility index (Phi) is 5.31. The van der Waals surface area contributed by atoms with Gasteiger partial charge in [-0.05, 0) is 49.7 Å². The second-order valence-corrected chi connectivity index (χ2v) is 9.53. The third kappa shape index (κ3) is 3.95. The van der Waals surface area contributed by atoms with Gasteiger partial charge in [-0.25, -0.2) is 8.42 Å². The van der Waals surface area contributed by atoms with Crippen molar-refractivity contribution in [2.24, 2.45) is 7.05 Å². The Balaban J connectivity index is 1.90. The first-order chi connectivity index (χ1) is 13.1. The molecule has 1 heterocycles. The summed E-state index contributed by atoms with van der Waals surface area (Å²) in [5.74, 6) is -0.463. The van der Waals surface area contributed by atoms with Gasteiger partial charge in [0.25, 0.3) is 0 Å². The Hall–Kier alpha value is -2.65. The van der Waals surface area contributed by atoms with Crippen LogP contribution in [0.5, 0.6) is 0 Å². The molecule has 1 amide bonds. The summed E-state index contributed by atoms with van der Waals surface area (Å²) in [7, 11) is -1.99. The van der Waals surface area contributed by atoms with E-state index in [4.69, 9.17) is 0 Å². The minimum absolute atomic E-state index is 0.0884. The first-order valence-corrected chi connectivity index (χ1v) is 11.2. The number of benzene rings is 2. The molecule has 9 heteroatoms. The Morgan fingerprint density at radius 2 is 1.93 bits per heavy atom. The summed E-state index contributed by atoms with van der Waals surface area (Å²) in [4.78, 5) is 24.5. The van der Waals surface area contributed by atoms with E-state index in [-0.39, 0.29) is 4.87 Å². The third-order valence-corrected chi connectivity index (χ3v) is 6.64. The highest BCUT2D eigenvalue weighted by atomic mass is 32.2. The molecule has 3 aromatic rings. The van der Waals surface area contributed by atoms with Gasteiger partial charge >= 0.3 is 4.87 Å². The molecule has 0 aliphatic heterocycles. The van der Waals surface area contributed by atoms with Crippen LogP contribution in [0.25, 0.3) is 10.2 Å². The summed E-state index contributed by atoms with van der Waals surface area (Å²) < 4.78 is 28.1. The van der Waals surface area contributed by atoms with E-state index in [0.29, 0.717) is 11.4 Å². The van der Waals surface area contributed by atoms with Crippen molar-refractivity contribution in [3.8, 4) is 0 Å². The summed E-state index contributed by atoms with van der Waals surface area (Å²) in [6.45, 7) is 3.40. The summed E-state index contributed by atoms with van der Waals surface area (Å²) in [5.41, 5.74) is 2.60. The highest BCUT2D eigenvalue weighted by Crippen LogP contribution is 2.24. The van der Waals surface area contributed by atoms with E-state index in [0.717, 1.165) is 37.7 Å². The fraction of sp³-hybridized carbons (Fsp3) is 0.263. The van der Waals surface area contributed by atoms with Crippen LogP contribution in [-0.4, -0.2) is 31.2 Å². The van der Waals surface area contributed by atoms with Gasteiger partial charge in [0.05, 0.1) is 22.2 Å². The average Bonchev–Trinajstić information content (AvgIpc) is 2.87. The van der Waals surface area contributed by atoms with Crippen LogP contribution in [0.2, 0.25) is 0 Å². The molecule has 148 valence electrons. The van der Waals surface area contributed by atoms with Gasteiger partial charge in [0.15, 0.2) is 0 Å². The molecule has 0 radical (unpaired) electrons. The molecule has 1 unspecified atom stereocenters. The lowest BCUT2D eigenvalue weighted by Gasteiger charge is -2.28. The number of aryl methyl sites for hydroxylation is 2. The quantitative estimate of drug-likeness (QED) is 0.689. The molecule has 1 N–H and O–H groups in total. The first-order valence-electron chi connectivity index (χ1n) is 8.54. The van der Waals surface area contributed by atoms with E-state index in [1.54, 1.807) is 43.4 Å². The monoisotopic (exact) mass is 419 g/mol. The lowest BCUT2D eigenvalue weighted by molar-refractivity contribution is -0.116. The molecule has 0 fully saturated rings.